The van der Waals surface area contributed by atoms with Crippen molar-refractivity contribution in [2.45, 2.75) is 31.9 Å². The molecule has 11 heteroatoms. The van der Waals surface area contributed by atoms with Gasteiger partial charge in [0.1, 0.15) is 5.39 Å². The minimum atomic E-state index is -2.72. The second-order valence-electron chi connectivity index (χ2n) is 11.2. The number of nitrogens with one attached hydrogen (secondary N) is 1. The van der Waals surface area contributed by atoms with Gasteiger partial charge in [0, 0.05) is 5.56 Å². The minimum absolute atomic E-state index is 0.0818. The summed E-state index contributed by atoms with van der Waals surface area (Å²) < 4.78 is 24.0. The van der Waals surface area contributed by atoms with Crippen LogP contribution in [0.15, 0.2) is 91.1 Å². The number of H-pyrrole nitrogens is 1. The lowest BCUT2D eigenvalue weighted by atomic mass is 10.2. The van der Waals surface area contributed by atoms with Crippen molar-refractivity contribution < 1.29 is 23.4 Å². The topological polar surface area (TPSA) is 108 Å². The Morgan fingerprint density at radius 1 is 0.909 bits per heavy atom. The van der Waals surface area contributed by atoms with Crippen LogP contribution < -0.4 is 15.1 Å². The van der Waals surface area contributed by atoms with Crippen LogP contribution in [0.1, 0.15) is 20.8 Å². The lowest BCUT2D eigenvalue weighted by Crippen LogP contribution is -2.66. The first kappa shape index (κ1) is 31.3. The van der Waals surface area contributed by atoms with E-state index >= 15 is 0 Å². The van der Waals surface area contributed by atoms with Crippen LogP contribution in [0.3, 0.4) is 0 Å². The second kappa shape index (κ2) is 13.7. The van der Waals surface area contributed by atoms with Crippen molar-refractivity contribution in [3.63, 3.8) is 0 Å². The van der Waals surface area contributed by atoms with E-state index in [1.165, 1.54) is 23.7 Å². The number of aromatic amines is 1. The maximum Gasteiger partial charge on any atom is 0.349 e. The van der Waals surface area contributed by atoms with Gasteiger partial charge in [0.15, 0.2) is 11.5 Å². The third-order valence-electron chi connectivity index (χ3n) is 7.34. The highest BCUT2D eigenvalue weighted by atomic mass is 35.5. The van der Waals surface area contributed by atoms with Gasteiger partial charge < -0.3 is 18.6 Å². The third-order valence-corrected chi connectivity index (χ3v) is 12.7. The molecule has 0 aliphatic heterocycles. The Labute approximate surface area is 262 Å². The van der Waals surface area contributed by atoms with Crippen molar-refractivity contribution >= 4 is 47.3 Å². The molecule has 0 saturated carbocycles. The Bertz CT molecular complexity index is 1660. The number of methoxy groups -OCH3 is 1. The van der Waals surface area contributed by atoms with E-state index in [9.17, 15) is 4.79 Å². The number of nitrogens with zero attached hydrogens (tertiary/aromatic N) is 3. The van der Waals surface area contributed by atoms with Crippen LogP contribution >= 0.6 is 11.6 Å². The van der Waals surface area contributed by atoms with Gasteiger partial charge in [0.25, 0.3) is 8.32 Å². The predicted molar refractivity (Wildman–Crippen MR) is 173 cm³/mol. The molecule has 0 aliphatic rings. The van der Waals surface area contributed by atoms with Crippen molar-refractivity contribution in [3.8, 4) is 17.3 Å². The van der Waals surface area contributed by atoms with E-state index in [0.717, 1.165) is 0 Å². The molecule has 5 aromatic rings. The number of aromatic nitrogens is 4. The standard InChI is InChI=1S/C33H35ClN4O5Si/c1-33(2,3)44(23-13-7-5-8-14-23,24-15-9-6-10-16-24)42-20-19-41-22-28(32(39)40-4)43-31-26-21-35-38-30(26)36-29(37-31)25-17-11-12-18-27(25)34/h5-18,21,28H,19-20,22H2,1-4H3,(H,35,36,37,38)/t28-/m0/s1. The van der Waals surface area contributed by atoms with Crippen LogP contribution in [0.4, 0.5) is 0 Å². The molecule has 0 bridgehead atoms. The van der Waals surface area contributed by atoms with Crippen LogP contribution in [0.25, 0.3) is 22.4 Å². The third kappa shape index (κ3) is 6.53. The smallest absolute Gasteiger partial charge is 0.349 e. The summed E-state index contributed by atoms with van der Waals surface area (Å²) in [6.45, 7) is 7.12. The van der Waals surface area contributed by atoms with Crippen molar-refractivity contribution in [2.24, 2.45) is 0 Å². The van der Waals surface area contributed by atoms with Crippen LogP contribution in [0, 0.1) is 0 Å². The predicted octanol–water partition coefficient (Wildman–Crippen LogP) is 5.19. The zero-order valence-electron chi connectivity index (χ0n) is 25.1. The fraction of sp³-hybridized carbons (Fsp3) is 0.273. The molecule has 0 spiro atoms. The molecule has 0 radical (unpaired) electrons. The lowest BCUT2D eigenvalue weighted by molar-refractivity contribution is -0.152. The van der Waals surface area contributed by atoms with Gasteiger partial charge >= 0.3 is 5.97 Å². The maximum absolute atomic E-state index is 12.8. The molecule has 0 unspecified atom stereocenters. The van der Waals surface area contributed by atoms with Crippen molar-refractivity contribution in [3.05, 3.63) is 96.1 Å². The van der Waals surface area contributed by atoms with Gasteiger partial charge in [-0.25, -0.2) is 9.78 Å². The van der Waals surface area contributed by atoms with Crippen molar-refractivity contribution in [2.75, 3.05) is 26.9 Å². The molecule has 2 heterocycles. The fourth-order valence-corrected chi connectivity index (χ4v) is 10.0. The highest BCUT2D eigenvalue weighted by Crippen LogP contribution is 2.36. The number of rotatable bonds is 12. The molecule has 228 valence electrons. The first-order valence-corrected chi connectivity index (χ1v) is 16.6. The number of hydrogen-bond acceptors (Lipinski definition) is 8. The first-order valence-electron chi connectivity index (χ1n) is 14.3. The Morgan fingerprint density at radius 2 is 1.55 bits per heavy atom. The molecule has 0 amide bonds. The number of ether oxygens (including phenoxy) is 3. The largest absolute Gasteiger partial charge is 0.466 e. The zero-order valence-corrected chi connectivity index (χ0v) is 26.9. The SMILES string of the molecule is COC(=O)[C@H](COCCO[Si](c1ccccc1)(c1ccccc1)C(C)(C)C)Oc1nc(-c2ccccc2Cl)nc2[nH]ncc12. The van der Waals surface area contributed by atoms with E-state index in [-0.39, 0.29) is 24.1 Å². The average molecular weight is 631 g/mol. The monoisotopic (exact) mass is 630 g/mol. The molecular weight excluding hydrogens is 596 g/mol. The molecule has 44 heavy (non-hydrogen) atoms. The normalized spacial score (nSPS) is 12.7. The minimum Gasteiger partial charge on any atom is -0.466 e. The van der Waals surface area contributed by atoms with Crippen LogP contribution in [-0.4, -0.2) is 67.5 Å². The number of halogens is 1. The zero-order chi connectivity index (χ0) is 31.2. The average Bonchev–Trinajstić information content (AvgIpc) is 3.51. The van der Waals surface area contributed by atoms with E-state index in [2.05, 4.69) is 65.2 Å². The van der Waals surface area contributed by atoms with Gasteiger partial charge in [-0.1, -0.05) is 105 Å². The Hall–Kier alpha value is -4.09. The Balaban J connectivity index is 1.33. The van der Waals surface area contributed by atoms with E-state index in [0.29, 0.717) is 34.1 Å². The van der Waals surface area contributed by atoms with Gasteiger partial charge in [-0.2, -0.15) is 10.1 Å². The molecule has 1 atom stereocenters. The molecule has 0 aliphatic carbocycles. The summed E-state index contributed by atoms with van der Waals surface area (Å²) in [5.41, 5.74) is 1.05. The molecular formula is C33H35ClN4O5Si. The van der Waals surface area contributed by atoms with E-state index in [4.69, 9.17) is 30.2 Å². The van der Waals surface area contributed by atoms with E-state index in [1.54, 1.807) is 12.1 Å². The summed E-state index contributed by atoms with van der Waals surface area (Å²) in [6.07, 6.45) is 0.438. The quantitative estimate of drug-likeness (QED) is 0.114. The Kier molecular flexibility index (Phi) is 9.75. The molecule has 5 rings (SSSR count). The molecule has 0 saturated heterocycles. The number of esters is 1. The molecule has 1 N–H and O–H groups in total. The number of benzene rings is 3. The number of carbonyl (C=O) groups is 1. The van der Waals surface area contributed by atoms with E-state index in [1.807, 2.05) is 48.5 Å². The number of carbonyl (C=O) groups excluding carboxylic acids is 1. The van der Waals surface area contributed by atoms with Gasteiger partial charge in [-0.3, -0.25) is 5.10 Å². The highest BCUT2D eigenvalue weighted by molar-refractivity contribution is 6.99. The van der Waals surface area contributed by atoms with Gasteiger partial charge in [0.05, 0.1) is 38.1 Å². The first-order chi connectivity index (χ1) is 21.2. The summed E-state index contributed by atoms with van der Waals surface area (Å²) in [7, 11) is -1.42. The van der Waals surface area contributed by atoms with Crippen LogP contribution in [-0.2, 0) is 18.7 Å². The van der Waals surface area contributed by atoms with Gasteiger partial charge in [0.2, 0.25) is 12.0 Å². The molecule has 3 aromatic carbocycles. The van der Waals surface area contributed by atoms with E-state index < -0.39 is 20.4 Å². The summed E-state index contributed by atoms with van der Waals surface area (Å²) in [5.74, 6) is -0.126. The van der Waals surface area contributed by atoms with Crippen molar-refractivity contribution in [1.29, 1.82) is 0 Å². The molecule has 9 nitrogen and oxygen atoms in total. The number of hydrogen-bond donors (Lipinski definition) is 1. The van der Waals surface area contributed by atoms with Crippen LogP contribution in [0.5, 0.6) is 5.88 Å². The van der Waals surface area contributed by atoms with Crippen LogP contribution in [0.2, 0.25) is 10.1 Å². The second-order valence-corrected chi connectivity index (χ2v) is 15.9. The molecule has 0 fully saturated rings. The Morgan fingerprint density at radius 3 is 2.16 bits per heavy atom. The lowest BCUT2D eigenvalue weighted by Gasteiger charge is -2.43. The van der Waals surface area contributed by atoms with Gasteiger partial charge in [-0.05, 0) is 27.5 Å². The summed E-state index contributed by atoms with van der Waals surface area (Å²) >= 11 is 6.40. The van der Waals surface area contributed by atoms with Crippen molar-refractivity contribution in [1.82, 2.24) is 20.2 Å². The highest BCUT2D eigenvalue weighted by Gasteiger charge is 2.50. The molecule has 2 aromatic heterocycles. The maximum atomic E-state index is 12.8. The summed E-state index contributed by atoms with van der Waals surface area (Å²) in [4.78, 5) is 21.9. The summed E-state index contributed by atoms with van der Waals surface area (Å²) in [5, 5.41) is 10.1. The summed E-state index contributed by atoms with van der Waals surface area (Å²) in [6, 6.07) is 28.0. The fourth-order valence-electron chi connectivity index (χ4n) is 5.28. The van der Waals surface area contributed by atoms with Gasteiger partial charge in [-0.15, -0.1) is 0 Å². The number of fused-ring (bicyclic) bond motifs is 1.